The highest BCUT2D eigenvalue weighted by molar-refractivity contribution is 9.11. The molecule has 3 aromatic rings. The second kappa shape index (κ2) is 8.94. The van der Waals surface area contributed by atoms with Crippen molar-refractivity contribution in [2.75, 3.05) is 5.32 Å². The minimum absolute atomic E-state index is 0.414. The van der Waals surface area contributed by atoms with Crippen LogP contribution in [0, 0.1) is 6.92 Å². The number of anilines is 1. The number of para-hydroxylation sites is 1. The third-order valence-corrected chi connectivity index (χ3v) is 5.56. The van der Waals surface area contributed by atoms with E-state index in [0.29, 0.717) is 11.6 Å². The molecule has 0 saturated carbocycles. The van der Waals surface area contributed by atoms with Crippen molar-refractivity contribution in [2.24, 2.45) is 0 Å². The zero-order chi connectivity index (χ0) is 18.5. The molecule has 0 aliphatic rings. The van der Waals surface area contributed by atoms with Gasteiger partial charge in [0.15, 0.2) is 0 Å². The van der Waals surface area contributed by atoms with Gasteiger partial charge in [0.2, 0.25) is 0 Å². The summed E-state index contributed by atoms with van der Waals surface area (Å²) in [5.41, 5.74) is 4.47. The largest absolute Gasteiger partial charge is 0.486 e. The predicted octanol–water partition coefficient (Wildman–Crippen LogP) is 7.36. The Labute approximate surface area is 175 Å². The highest BCUT2D eigenvalue weighted by Crippen LogP contribution is 2.36. The SMILES string of the molecule is Cc1ccccc1NCc1cc(Br)c(OCc2ccccc2Cl)c(Br)c1. The summed E-state index contributed by atoms with van der Waals surface area (Å²) in [6.45, 7) is 3.24. The molecular formula is C21H18Br2ClNO. The fraction of sp³-hybridized carbons (Fsp3) is 0.143. The first-order chi connectivity index (χ1) is 12.5. The monoisotopic (exact) mass is 493 g/mol. The Hall–Kier alpha value is -1.49. The summed E-state index contributed by atoms with van der Waals surface area (Å²) in [6.07, 6.45) is 0. The normalized spacial score (nSPS) is 10.6. The van der Waals surface area contributed by atoms with Crippen LogP contribution in [0.1, 0.15) is 16.7 Å². The molecule has 3 aromatic carbocycles. The number of halogens is 3. The Morgan fingerprint density at radius 2 is 1.62 bits per heavy atom. The van der Waals surface area contributed by atoms with E-state index in [9.17, 15) is 0 Å². The molecule has 0 aliphatic heterocycles. The van der Waals surface area contributed by atoms with Gasteiger partial charge in [0.05, 0.1) is 8.95 Å². The number of benzene rings is 3. The maximum absolute atomic E-state index is 6.20. The third kappa shape index (κ3) is 4.81. The van der Waals surface area contributed by atoms with Crippen LogP contribution >= 0.6 is 43.5 Å². The van der Waals surface area contributed by atoms with E-state index in [1.807, 2.05) is 36.4 Å². The van der Waals surface area contributed by atoms with Crippen molar-refractivity contribution < 1.29 is 4.74 Å². The van der Waals surface area contributed by atoms with Crippen molar-refractivity contribution in [1.82, 2.24) is 0 Å². The van der Waals surface area contributed by atoms with Gasteiger partial charge >= 0.3 is 0 Å². The van der Waals surface area contributed by atoms with Gasteiger partial charge in [-0.25, -0.2) is 0 Å². The topological polar surface area (TPSA) is 21.3 Å². The summed E-state index contributed by atoms with van der Waals surface area (Å²) in [7, 11) is 0. The van der Waals surface area contributed by atoms with Crippen molar-refractivity contribution in [3.8, 4) is 5.75 Å². The number of ether oxygens (including phenoxy) is 1. The van der Waals surface area contributed by atoms with Crippen LogP contribution in [0.5, 0.6) is 5.75 Å². The van der Waals surface area contributed by atoms with Gasteiger partial charge in [0.25, 0.3) is 0 Å². The average Bonchev–Trinajstić information content (AvgIpc) is 2.62. The fourth-order valence-electron chi connectivity index (χ4n) is 2.59. The van der Waals surface area contributed by atoms with Gasteiger partial charge in [-0.05, 0) is 74.2 Å². The molecule has 2 nitrogen and oxygen atoms in total. The Morgan fingerprint density at radius 3 is 2.31 bits per heavy atom. The van der Waals surface area contributed by atoms with Gasteiger partial charge in [0.1, 0.15) is 12.4 Å². The van der Waals surface area contributed by atoms with Crippen molar-refractivity contribution in [3.05, 3.63) is 91.3 Å². The molecule has 3 rings (SSSR count). The Morgan fingerprint density at radius 1 is 0.962 bits per heavy atom. The van der Waals surface area contributed by atoms with Crippen molar-refractivity contribution in [2.45, 2.75) is 20.1 Å². The first-order valence-electron chi connectivity index (χ1n) is 8.18. The molecule has 0 spiro atoms. The van der Waals surface area contributed by atoms with Crippen molar-refractivity contribution in [1.29, 1.82) is 0 Å². The van der Waals surface area contributed by atoms with E-state index in [0.717, 1.165) is 38.1 Å². The zero-order valence-corrected chi connectivity index (χ0v) is 18.2. The highest BCUT2D eigenvalue weighted by atomic mass is 79.9. The molecule has 1 N–H and O–H groups in total. The van der Waals surface area contributed by atoms with Crippen LogP contribution in [-0.2, 0) is 13.2 Å². The number of aryl methyl sites for hydroxylation is 1. The van der Waals surface area contributed by atoms with Crippen LogP contribution in [-0.4, -0.2) is 0 Å². The van der Waals surface area contributed by atoms with Crippen LogP contribution in [0.2, 0.25) is 5.02 Å². The number of rotatable bonds is 6. The molecule has 0 aromatic heterocycles. The van der Waals surface area contributed by atoms with Crippen molar-refractivity contribution >= 4 is 49.1 Å². The predicted molar refractivity (Wildman–Crippen MR) is 116 cm³/mol. The Bertz CT molecular complexity index is 891. The molecule has 0 heterocycles. The molecule has 0 saturated heterocycles. The maximum atomic E-state index is 6.20. The lowest BCUT2D eigenvalue weighted by Crippen LogP contribution is -2.02. The smallest absolute Gasteiger partial charge is 0.148 e. The van der Waals surface area contributed by atoms with Crippen LogP contribution in [0.25, 0.3) is 0 Å². The molecular weight excluding hydrogens is 477 g/mol. The van der Waals surface area contributed by atoms with E-state index >= 15 is 0 Å². The molecule has 0 bridgehead atoms. The minimum atomic E-state index is 0.414. The molecule has 134 valence electrons. The first kappa shape index (κ1) is 19.3. The maximum Gasteiger partial charge on any atom is 0.148 e. The van der Waals surface area contributed by atoms with Crippen LogP contribution < -0.4 is 10.1 Å². The lowest BCUT2D eigenvalue weighted by atomic mass is 10.1. The van der Waals surface area contributed by atoms with Gasteiger partial charge in [-0.1, -0.05) is 48.0 Å². The molecule has 0 amide bonds. The minimum Gasteiger partial charge on any atom is -0.486 e. The fourth-order valence-corrected chi connectivity index (χ4v) is 4.29. The van der Waals surface area contributed by atoms with E-state index in [-0.39, 0.29) is 0 Å². The molecule has 5 heteroatoms. The Kier molecular flexibility index (Phi) is 6.63. The van der Waals surface area contributed by atoms with Crippen molar-refractivity contribution in [3.63, 3.8) is 0 Å². The summed E-state index contributed by atoms with van der Waals surface area (Å²) in [4.78, 5) is 0. The third-order valence-electron chi connectivity index (χ3n) is 4.02. The molecule has 26 heavy (non-hydrogen) atoms. The van der Waals surface area contributed by atoms with Crippen LogP contribution in [0.3, 0.4) is 0 Å². The van der Waals surface area contributed by atoms with E-state index in [2.05, 4.69) is 68.4 Å². The number of nitrogens with one attached hydrogen (secondary N) is 1. The van der Waals surface area contributed by atoms with E-state index in [1.165, 1.54) is 5.56 Å². The van der Waals surface area contributed by atoms with Crippen LogP contribution in [0.4, 0.5) is 5.69 Å². The highest BCUT2D eigenvalue weighted by Gasteiger charge is 2.11. The zero-order valence-electron chi connectivity index (χ0n) is 14.2. The van der Waals surface area contributed by atoms with E-state index in [4.69, 9.17) is 16.3 Å². The molecule has 0 atom stereocenters. The number of hydrogen-bond acceptors (Lipinski definition) is 2. The second-order valence-corrected chi connectivity index (χ2v) is 8.05. The summed E-state index contributed by atoms with van der Waals surface area (Å²) >= 11 is 13.4. The molecule has 0 aliphatic carbocycles. The van der Waals surface area contributed by atoms with Gasteiger partial charge in [-0.2, -0.15) is 0 Å². The van der Waals surface area contributed by atoms with Gasteiger partial charge in [-0.3, -0.25) is 0 Å². The number of hydrogen-bond donors (Lipinski definition) is 1. The van der Waals surface area contributed by atoms with E-state index in [1.54, 1.807) is 0 Å². The molecule has 0 unspecified atom stereocenters. The molecule has 0 fully saturated rings. The average molecular weight is 496 g/mol. The quantitative estimate of drug-likeness (QED) is 0.386. The standard InChI is InChI=1S/C21H18Br2ClNO/c1-14-6-2-5-9-20(14)25-12-15-10-17(22)21(18(23)11-15)26-13-16-7-3-4-8-19(16)24/h2-11,25H,12-13H2,1H3. The Balaban J connectivity index is 1.70. The van der Waals surface area contributed by atoms with Gasteiger partial charge in [-0.15, -0.1) is 0 Å². The van der Waals surface area contributed by atoms with Crippen LogP contribution in [0.15, 0.2) is 69.6 Å². The van der Waals surface area contributed by atoms with E-state index < -0.39 is 0 Å². The summed E-state index contributed by atoms with van der Waals surface area (Å²) in [6, 6.07) is 20.1. The summed E-state index contributed by atoms with van der Waals surface area (Å²) in [5.74, 6) is 0.768. The second-order valence-electron chi connectivity index (χ2n) is 5.94. The first-order valence-corrected chi connectivity index (χ1v) is 10.1. The lowest BCUT2D eigenvalue weighted by molar-refractivity contribution is 0.302. The van der Waals surface area contributed by atoms with Gasteiger partial charge in [0, 0.05) is 22.8 Å². The van der Waals surface area contributed by atoms with Gasteiger partial charge < -0.3 is 10.1 Å². The lowest BCUT2D eigenvalue weighted by Gasteiger charge is -2.14. The summed E-state index contributed by atoms with van der Waals surface area (Å²) in [5, 5.41) is 4.18. The molecule has 0 radical (unpaired) electrons. The summed E-state index contributed by atoms with van der Waals surface area (Å²) < 4.78 is 7.78.